The number of piperidine rings is 1. The quantitative estimate of drug-likeness (QED) is 0.741. The summed E-state index contributed by atoms with van der Waals surface area (Å²) in [5.41, 5.74) is -1.05. The van der Waals surface area contributed by atoms with Crippen molar-refractivity contribution in [3.8, 4) is 0 Å². The number of carboxylic acids is 1. The fourth-order valence-electron chi connectivity index (χ4n) is 2.33. The summed E-state index contributed by atoms with van der Waals surface area (Å²) in [6, 6.07) is -0.240. The summed E-state index contributed by atoms with van der Waals surface area (Å²) < 4.78 is 0. The smallest absolute Gasteiger partial charge is 0.329 e. The van der Waals surface area contributed by atoms with Gasteiger partial charge in [0.25, 0.3) is 0 Å². The number of carbonyl (C=O) groups excluding carboxylic acids is 1. The van der Waals surface area contributed by atoms with Crippen molar-refractivity contribution < 1.29 is 14.7 Å². The van der Waals surface area contributed by atoms with Crippen LogP contribution in [0.15, 0.2) is 0 Å². The molecule has 104 valence electrons. The second-order valence-corrected chi connectivity index (χ2v) is 5.13. The van der Waals surface area contributed by atoms with Crippen LogP contribution in [-0.2, 0) is 4.79 Å². The van der Waals surface area contributed by atoms with Crippen molar-refractivity contribution >= 4 is 12.0 Å². The van der Waals surface area contributed by atoms with Gasteiger partial charge in [-0.1, -0.05) is 19.8 Å². The number of rotatable bonds is 5. The molecular weight excluding hydrogens is 232 g/mol. The number of aliphatic carboxylic acids is 1. The van der Waals surface area contributed by atoms with Crippen LogP contribution >= 0.6 is 0 Å². The highest BCUT2D eigenvalue weighted by Crippen LogP contribution is 2.28. The zero-order valence-electron chi connectivity index (χ0n) is 11.4. The molecule has 2 N–H and O–H groups in total. The van der Waals surface area contributed by atoms with E-state index in [2.05, 4.69) is 12.2 Å². The van der Waals surface area contributed by atoms with Crippen LogP contribution in [0.4, 0.5) is 4.79 Å². The number of carbonyl (C=O) groups is 2. The molecule has 5 nitrogen and oxygen atoms in total. The maximum atomic E-state index is 12.0. The normalized spacial score (nSPS) is 23.8. The van der Waals surface area contributed by atoms with Gasteiger partial charge < -0.3 is 15.3 Å². The molecule has 1 saturated heterocycles. The number of nitrogens with zero attached hydrogens (tertiary/aromatic N) is 1. The third-order valence-electron chi connectivity index (χ3n) is 3.65. The number of unbranched alkanes of at least 4 members (excludes halogenated alkanes) is 2. The summed E-state index contributed by atoms with van der Waals surface area (Å²) in [6.07, 6.45) is 5.40. The highest BCUT2D eigenvalue weighted by atomic mass is 16.4. The third kappa shape index (κ3) is 3.37. The molecule has 5 heteroatoms. The Hall–Kier alpha value is -1.26. The first-order valence-corrected chi connectivity index (χ1v) is 6.81. The fourth-order valence-corrected chi connectivity index (χ4v) is 2.33. The van der Waals surface area contributed by atoms with Crippen LogP contribution in [0.5, 0.6) is 0 Å². The van der Waals surface area contributed by atoms with Crippen molar-refractivity contribution in [2.75, 3.05) is 13.1 Å². The molecule has 2 amide bonds. The molecule has 1 fully saturated rings. The highest BCUT2D eigenvalue weighted by molar-refractivity contribution is 5.86. The van der Waals surface area contributed by atoms with E-state index in [4.69, 9.17) is 0 Å². The molecule has 0 aromatic rings. The second kappa shape index (κ2) is 6.61. The van der Waals surface area contributed by atoms with Crippen LogP contribution in [0.2, 0.25) is 0 Å². The Bertz CT molecular complexity index is 307. The Morgan fingerprint density at radius 3 is 2.67 bits per heavy atom. The molecule has 0 spiro atoms. The molecule has 0 aromatic heterocycles. The van der Waals surface area contributed by atoms with Crippen LogP contribution in [0, 0.1) is 0 Å². The first-order valence-electron chi connectivity index (χ1n) is 6.81. The molecule has 1 heterocycles. The van der Waals surface area contributed by atoms with Crippen LogP contribution in [0.3, 0.4) is 0 Å². The number of nitrogens with one attached hydrogen (secondary N) is 1. The van der Waals surface area contributed by atoms with E-state index in [1.165, 1.54) is 4.90 Å². The molecule has 0 saturated carbocycles. The van der Waals surface area contributed by atoms with Gasteiger partial charge in [-0.3, -0.25) is 0 Å². The highest BCUT2D eigenvalue weighted by Gasteiger charge is 2.43. The SMILES string of the molecule is CCCCCNC(=O)N1CCCCC1(C)C(=O)O. The first-order chi connectivity index (χ1) is 8.52. The summed E-state index contributed by atoms with van der Waals surface area (Å²) in [4.78, 5) is 24.9. The fraction of sp³-hybridized carbons (Fsp3) is 0.846. The lowest BCUT2D eigenvalue weighted by molar-refractivity contribution is -0.150. The molecular formula is C13H24N2O3. The second-order valence-electron chi connectivity index (χ2n) is 5.13. The van der Waals surface area contributed by atoms with Gasteiger partial charge in [0.1, 0.15) is 5.54 Å². The van der Waals surface area contributed by atoms with Gasteiger partial charge in [-0.25, -0.2) is 9.59 Å². The monoisotopic (exact) mass is 256 g/mol. The van der Waals surface area contributed by atoms with Crippen LogP contribution in [-0.4, -0.2) is 40.6 Å². The summed E-state index contributed by atoms with van der Waals surface area (Å²) >= 11 is 0. The summed E-state index contributed by atoms with van der Waals surface area (Å²) in [5, 5.41) is 12.1. The van der Waals surface area contributed by atoms with Crippen LogP contribution in [0.25, 0.3) is 0 Å². The van der Waals surface area contributed by atoms with E-state index in [-0.39, 0.29) is 6.03 Å². The van der Waals surface area contributed by atoms with Gasteiger partial charge in [0.15, 0.2) is 0 Å². The number of hydrogen-bond donors (Lipinski definition) is 2. The summed E-state index contributed by atoms with van der Waals surface area (Å²) in [6.45, 7) is 4.90. The van der Waals surface area contributed by atoms with Crippen molar-refractivity contribution in [1.29, 1.82) is 0 Å². The summed E-state index contributed by atoms with van der Waals surface area (Å²) in [5.74, 6) is -0.911. The Balaban J connectivity index is 2.55. The molecule has 1 unspecified atom stereocenters. The molecule has 0 bridgehead atoms. The van der Waals surface area contributed by atoms with E-state index in [1.54, 1.807) is 6.92 Å². The van der Waals surface area contributed by atoms with Crippen molar-refractivity contribution in [1.82, 2.24) is 10.2 Å². The lowest BCUT2D eigenvalue weighted by Crippen LogP contribution is -2.60. The van der Waals surface area contributed by atoms with Crippen molar-refractivity contribution in [2.24, 2.45) is 0 Å². The van der Waals surface area contributed by atoms with Crippen molar-refractivity contribution in [2.45, 2.75) is 57.9 Å². The average molecular weight is 256 g/mol. The van der Waals surface area contributed by atoms with E-state index >= 15 is 0 Å². The number of urea groups is 1. The van der Waals surface area contributed by atoms with Crippen LogP contribution < -0.4 is 5.32 Å². The summed E-state index contributed by atoms with van der Waals surface area (Å²) in [7, 11) is 0. The Morgan fingerprint density at radius 2 is 2.06 bits per heavy atom. The largest absolute Gasteiger partial charge is 0.480 e. The van der Waals surface area contributed by atoms with E-state index in [1.807, 2.05) is 0 Å². The molecule has 0 aromatic carbocycles. The Kier molecular flexibility index (Phi) is 5.44. The predicted octanol–water partition coefficient (Wildman–Crippen LogP) is 2.22. The maximum absolute atomic E-state index is 12.0. The van der Waals surface area contributed by atoms with E-state index in [9.17, 15) is 14.7 Å². The number of amides is 2. The van der Waals surface area contributed by atoms with Crippen molar-refractivity contribution in [3.63, 3.8) is 0 Å². The van der Waals surface area contributed by atoms with Gasteiger partial charge in [0.05, 0.1) is 0 Å². The Morgan fingerprint density at radius 1 is 1.33 bits per heavy atom. The molecule has 1 rings (SSSR count). The lowest BCUT2D eigenvalue weighted by Gasteiger charge is -2.41. The average Bonchev–Trinajstić information content (AvgIpc) is 2.34. The van der Waals surface area contributed by atoms with E-state index < -0.39 is 11.5 Å². The molecule has 0 aliphatic carbocycles. The third-order valence-corrected chi connectivity index (χ3v) is 3.65. The molecule has 0 radical (unpaired) electrons. The minimum atomic E-state index is -1.05. The standard InChI is InChI=1S/C13H24N2O3/c1-3-4-6-9-14-12(18)15-10-7-5-8-13(15,2)11(16)17/h3-10H2,1-2H3,(H,14,18)(H,16,17). The first kappa shape index (κ1) is 14.8. The lowest BCUT2D eigenvalue weighted by atomic mass is 9.89. The van der Waals surface area contributed by atoms with Crippen LogP contribution in [0.1, 0.15) is 52.4 Å². The molecule has 1 atom stereocenters. The Labute approximate surface area is 109 Å². The van der Waals surface area contributed by atoms with Gasteiger partial charge in [0, 0.05) is 13.1 Å². The van der Waals surface area contributed by atoms with E-state index in [0.717, 1.165) is 32.1 Å². The minimum Gasteiger partial charge on any atom is -0.480 e. The van der Waals surface area contributed by atoms with Crippen molar-refractivity contribution in [3.05, 3.63) is 0 Å². The molecule has 1 aliphatic rings. The van der Waals surface area contributed by atoms with Gasteiger partial charge in [-0.05, 0) is 32.6 Å². The zero-order valence-corrected chi connectivity index (χ0v) is 11.4. The van der Waals surface area contributed by atoms with E-state index in [0.29, 0.717) is 19.5 Å². The number of carboxylic acid groups (broad SMARTS) is 1. The topological polar surface area (TPSA) is 69.6 Å². The molecule has 1 aliphatic heterocycles. The predicted molar refractivity (Wildman–Crippen MR) is 69.5 cm³/mol. The zero-order chi connectivity index (χ0) is 13.6. The number of hydrogen-bond acceptors (Lipinski definition) is 2. The maximum Gasteiger partial charge on any atom is 0.329 e. The minimum absolute atomic E-state index is 0.240. The molecule has 18 heavy (non-hydrogen) atoms. The van der Waals surface area contributed by atoms with Gasteiger partial charge in [-0.2, -0.15) is 0 Å². The van der Waals surface area contributed by atoms with Gasteiger partial charge >= 0.3 is 12.0 Å². The van der Waals surface area contributed by atoms with Gasteiger partial charge in [-0.15, -0.1) is 0 Å². The number of likely N-dealkylation sites (tertiary alicyclic amines) is 1. The van der Waals surface area contributed by atoms with Gasteiger partial charge in [0.2, 0.25) is 0 Å².